The number of aliphatic hydroxyl groups excluding tert-OH is 1. The van der Waals surface area contributed by atoms with E-state index in [-0.39, 0.29) is 5.92 Å². The lowest BCUT2D eigenvalue weighted by Gasteiger charge is -2.21. The van der Waals surface area contributed by atoms with Crippen LogP contribution in [-0.4, -0.2) is 29.6 Å². The number of aldehydes is 1. The van der Waals surface area contributed by atoms with E-state index < -0.39 is 18.2 Å². The first-order valence-corrected chi connectivity index (χ1v) is 6.43. The number of hydrogen-bond acceptors (Lipinski definition) is 4. The first kappa shape index (κ1) is 13.7. The molecule has 102 valence electrons. The fourth-order valence-electron chi connectivity index (χ4n) is 2.48. The Kier molecular flexibility index (Phi) is 4.00. The topological polar surface area (TPSA) is 63.6 Å². The minimum Gasteiger partial charge on any atom is -0.454 e. The third-order valence-electron chi connectivity index (χ3n) is 3.78. The van der Waals surface area contributed by atoms with Crippen LogP contribution in [0.15, 0.2) is 35.5 Å². The van der Waals surface area contributed by atoms with Crippen LogP contribution in [0.2, 0.25) is 0 Å². The number of hydrogen-bond donors (Lipinski definition) is 1. The number of carbonyl (C=O) groups is 2. The summed E-state index contributed by atoms with van der Waals surface area (Å²) in [4.78, 5) is 22.6. The molecule has 1 aliphatic heterocycles. The van der Waals surface area contributed by atoms with Gasteiger partial charge in [-0.1, -0.05) is 12.7 Å². The van der Waals surface area contributed by atoms with Crippen molar-refractivity contribution in [2.24, 2.45) is 5.92 Å². The summed E-state index contributed by atoms with van der Waals surface area (Å²) in [5.41, 5.74) is 1.86. The van der Waals surface area contributed by atoms with Gasteiger partial charge in [-0.2, -0.15) is 0 Å². The predicted octanol–water partition coefficient (Wildman–Crippen LogP) is 1.70. The molecule has 4 nitrogen and oxygen atoms in total. The summed E-state index contributed by atoms with van der Waals surface area (Å²) in [5.74, 6) is -0.705. The molecular weight excluding hydrogens is 244 g/mol. The van der Waals surface area contributed by atoms with Crippen LogP contribution in [0.5, 0.6) is 0 Å². The molecule has 1 heterocycles. The van der Waals surface area contributed by atoms with Crippen molar-refractivity contribution in [3.05, 3.63) is 35.5 Å². The average molecular weight is 262 g/mol. The normalized spacial score (nSPS) is 37.5. The number of ether oxygens (including phenoxy) is 1. The second-order valence-electron chi connectivity index (χ2n) is 5.10. The fourth-order valence-corrected chi connectivity index (χ4v) is 2.48. The van der Waals surface area contributed by atoms with Crippen molar-refractivity contribution in [3.8, 4) is 0 Å². The van der Waals surface area contributed by atoms with E-state index in [0.717, 1.165) is 11.9 Å². The van der Waals surface area contributed by atoms with Crippen molar-refractivity contribution in [2.45, 2.75) is 38.4 Å². The van der Waals surface area contributed by atoms with Crippen molar-refractivity contribution in [2.75, 3.05) is 0 Å². The summed E-state index contributed by atoms with van der Waals surface area (Å²) in [6.07, 6.45) is 5.00. The highest BCUT2D eigenvalue weighted by atomic mass is 16.6. The molecule has 0 bridgehead atoms. The highest BCUT2D eigenvalue weighted by Crippen LogP contribution is 2.34. The lowest BCUT2D eigenvalue weighted by atomic mass is 9.86. The standard InChI is InChI=1S/C15H18O4/c1-9-4-3-5-11(8-16)6-14-12(7-13(9)17)10(2)15(18)19-14/h4,6,8,12-14,17H,2-3,5,7H2,1H3/b9-4-,11-6+. The molecule has 1 fully saturated rings. The van der Waals surface area contributed by atoms with Gasteiger partial charge in [0, 0.05) is 11.5 Å². The molecule has 1 saturated heterocycles. The summed E-state index contributed by atoms with van der Waals surface area (Å²) in [6.45, 7) is 5.59. The SMILES string of the molecule is C=C1C(=O)OC2/C=C(/C=O)CC/C=C(/C)C(O)CC12. The third-order valence-corrected chi connectivity index (χ3v) is 3.78. The van der Waals surface area contributed by atoms with Gasteiger partial charge in [0.25, 0.3) is 0 Å². The Hall–Kier alpha value is -1.68. The van der Waals surface area contributed by atoms with E-state index in [2.05, 4.69) is 6.58 Å². The molecule has 0 radical (unpaired) electrons. The number of esters is 1. The van der Waals surface area contributed by atoms with E-state index in [1.165, 1.54) is 0 Å². The van der Waals surface area contributed by atoms with E-state index in [4.69, 9.17) is 4.74 Å². The van der Waals surface area contributed by atoms with Crippen LogP contribution in [-0.2, 0) is 14.3 Å². The Labute approximate surface area is 112 Å². The van der Waals surface area contributed by atoms with Crippen molar-refractivity contribution in [1.82, 2.24) is 0 Å². The Bertz CT molecular complexity index is 473. The van der Waals surface area contributed by atoms with E-state index >= 15 is 0 Å². The number of aliphatic hydroxyl groups is 1. The second-order valence-corrected chi connectivity index (χ2v) is 5.10. The Morgan fingerprint density at radius 3 is 2.95 bits per heavy atom. The Morgan fingerprint density at radius 1 is 1.53 bits per heavy atom. The van der Waals surface area contributed by atoms with Crippen molar-refractivity contribution in [1.29, 1.82) is 0 Å². The largest absolute Gasteiger partial charge is 0.454 e. The Balaban J connectivity index is 2.34. The first-order chi connectivity index (χ1) is 9.02. The summed E-state index contributed by atoms with van der Waals surface area (Å²) in [5, 5.41) is 10.1. The highest BCUT2D eigenvalue weighted by molar-refractivity contribution is 5.91. The predicted molar refractivity (Wildman–Crippen MR) is 70.3 cm³/mol. The van der Waals surface area contributed by atoms with Gasteiger partial charge in [0.15, 0.2) is 0 Å². The zero-order valence-corrected chi connectivity index (χ0v) is 11.0. The van der Waals surface area contributed by atoms with Gasteiger partial charge in [0.1, 0.15) is 12.4 Å². The van der Waals surface area contributed by atoms with Gasteiger partial charge in [-0.15, -0.1) is 0 Å². The summed E-state index contributed by atoms with van der Waals surface area (Å²) >= 11 is 0. The van der Waals surface area contributed by atoms with Gasteiger partial charge in [-0.3, -0.25) is 4.79 Å². The molecule has 4 heteroatoms. The minimum atomic E-state index is -0.607. The summed E-state index contributed by atoms with van der Waals surface area (Å²) in [6, 6.07) is 0. The summed E-state index contributed by atoms with van der Waals surface area (Å²) in [7, 11) is 0. The van der Waals surface area contributed by atoms with Gasteiger partial charge >= 0.3 is 5.97 Å². The monoisotopic (exact) mass is 262 g/mol. The maximum Gasteiger partial charge on any atom is 0.334 e. The third kappa shape index (κ3) is 2.84. The number of fused-ring (bicyclic) bond motifs is 1. The van der Waals surface area contributed by atoms with Crippen LogP contribution in [0.3, 0.4) is 0 Å². The van der Waals surface area contributed by atoms with Crippen LogP contribution >= 0.6 is 0 Å². The van der Waals surface area contributed by atoms with Crippen LogP contribution in [0.4, 0.5) is 0 Å². The molecule has 0 aromatic heterocycles. The first-order valence-electron chi connectivity index (χ1n) is 6.43. The quantitative estimate of drug-likeness (QED) is 0.338. The molecule has 3 unspecified atom stereocenters. The van der Waals surface area contributed by atoms with Crippen molar-refractivity contribution < 1.29 is 19.4 Å². The van der Waals surface area contributed by atoms with Crippen molar-refractivity contribution >= 4 is 12.3 Å². The highest BCUT2D eigenvalue weighted by Gasteiger charge is 2.38. The molecule has 0 amide bonds. The molecule has 3 atom stereocenters. The molecule has 0 saturated carbocycles. The van der Waals surface area contributed by atoms with E-state index in [1.54, 1.807) is 6.08 Å². The van der Waals surface area contributed by atoms with Crippen LogP contribution in [0.25, 0.3) is 0 Å². The molecule has 0 spiro atoms. The zero-order chi connectivity index (χ0) is 14.0. The van der Waals surface area contributed by atoms with Crippen LogP contribution < -0.4 is 0 Å². The molecule has 2 rings (SSSR count). The number of rotatable bonds is 1. The van der Waals surface area contributed by atoms with Gasteiger partial charge < -0.3 is 9.84 Å². The van der Waals surface area contributed by atoms with Gasteiger partial charge in [0.2, 0.25) is 0 Å². The van der Waals surface area contributed by atoms with Crippen LogP contribution in [0.1, 0.15) is 26.2 Å². The van der Waals surface area contributed by atoms with E-state index in [9.17, 15) is 14.7 Å². The minimum absolute atomic E-state index is 0.265. The number of carbonyl (C=O) groups excluding carboxylic acids is 2. The molecule has 0 aromatic carbocycles. The maximum atomic E-state index is 11.6. The zero-order valence-electron chi connectivity index (χ0n) is 11.0. The molecule has 1 N–H and O–H groups in total. The molecule has 2 aliphatic rings. The van der Waals surface area contributed by atoms with Gasteiger partial charge in [0.05, 0.1) is 6.10 Å². The van der Waals surface area contributed by atoms with E-state index in [1.807, 2.05) is 13.0 Å². The van der Waals surface area contributed by atoms with E-state index in [0.29, 0.717) is 30.4 Å². The summed E-state index contributed by atoms with van der Waals surface area (Å²) < 4.78 is 5.22. The second kappa shape index (κ2) is 5.53. The van der Waals surface area contributed by atoms with Gasteiger partial charge in [-0.05, 0) is 43.4 Å². The van der Waals surface area contributed by atoms with Crippen molar-refractivity contribution in [3.63, 3.8) is 0 Å². The maximum absolute atomic E-state index is 11.6. The Morgan fingerprint density at radius 2 is 2.26 bits per heavy atom. The lowest BCUT2D eigenvalue weighted by molar-refractivity contribution is -0.137. The van der Waals surface area contributed by atoms with Gasteiger partial charge in [-0.25, -0.2) is 4.79 Å². The molecular formula is C15H18O4. The molecule has 19 heavy (non-hydrogen) atoms. The fraction of sp³-hybridized carbons (Fsp3) is 0.467. The average Bonchev–Trinajstić information content (AvgIpc) is 2.64. The molecule has 0 aromatic rings. The smallest absolute Gasteiger partial charge is 0.334 e. The molecule has 1 aliphatic carbocycles. The number of allylic oxidation sites excluding steroid dienone is 2. The lowest BCUT2D eigenvalue weighted by Crippen LogP contribution is -2.22. The van der Waals surface area contributed by atoms with Crippen LogP contribution in [0, 0.1) is 5.92 Å².